The first-order valence-corrected chi connectivity index (χ1v) is 13.5. The van der Waals surface area contributed by atoms with Gasteiger partial charge in [0.15, 0.2) is 23.1 Å². The van der Waals surface area contributed by atoms with Gasteiger partial charge in [0, 0.05) is 23.6 Å². The molecular weight excluding hydrogens is 544 g/mol. The van der Waals surface area contributed by atoms with Gasteiger partial charge in [-0.25, -0.2) is 9.78 Å². The smallest absolute Gasteiger partial charge is 0.352 e. The number of anilines is 1. The number of amides is 2. The number of nitrogens with two attached hydrogens (primary N) is 1. The van der Waals surface area contributed by atoms with Crippen LogP contribution < -0.4 is 15.6 Å². The maximum absolute atomic E-state index is 13.0. The fraction of sp³-hybridized carbons (Fsp3) is 0.381. The van der Waals surface area contributed by atoms with Gasteiger partial charge in [-0.1, -0.05) is 16.5 Å². The summed E-state index contributed by atoms with van der Waals surface area (Å²) in [5, 5.41) is 17.5. The Hall–Kier alpha value is -3.50. The number of β-lactam (4-membered cyclic amide) rings is 1. The summed E-state index contributed by atoms with van der Waals surface area (Å²) in [7, 11) is 2.59. The van der Waals surface area contributed by atoms with Crippen LogP contribution in [0.15, 0.2) is 27.3 Å². The minimum Gasteiger partial charge on any atom is -0.477 e. The number of carbonyl (C=O) groups excluding carboxylic acids is 3. The van der Waals surface area contributed by atoms with Crippen molar-refractivity contribution in [3.8, 4) is 0 Å². The Balaban J connectivity index is 1.52. The van der Waals surface area contributed by atoms with E-state index in [1.165, 1.54) is 47.6 Å². The van der Waals surface area contributed by atoms with Crippen LogP contribution in [0, 0.1) is 6.92 Å². The van der Waals surface area contributed by atoms with E-state index in [0.717, 1.165) is 21.9 Å². The zero-order chi connectivity index (χ0) is 26.9. The van der Waals surface area contributed by atoms with E-state index in [2.05, 4.69) is 15.5 Å². The van der Waals surface area contributed by atoms with E-state index < -0.39 is 29.2 Å². The molecule has 37 heavy (non-hydrogen) atoms. The first kappa shape index (κ1) is 26.6. The topological polar surface area (TPSA) is 177 Å². The molecule has 0 spiro atoms. The molecule has 2 atom stereocenters. The third-order valence-electron chi connectivity index (χ3n) is 5.75. The number of aromatic nitrogens is 2. The largest absolute Gasteiger partial charge is 0.477 e. The first-order valence-electron chi connectivity index (χ1n) is 10.7. The van der Waals surface area contributed by atoms with Crippen molar-refractivity contribution in [3.05, 3.63) is 38.4 Å². The lowest BCUT2D eigenvalue weighted by Gasteiger charge is -2.49. The summed E-state index contributed by atoms with van der Waals surface area (Å²) >= 11 is 3.84. The molecule has 1 fully saturated rings. The molecule has 2 aromatic heterocycles. The fourth-order valence-corrected chi connectivity index (χ4v) is 6.75. The van der Waals surface area contributed by atoms with Crippen molar-refractivity contribution < 1.29 is 38.4 Å². The van der Waals surface area contributed by atoms with Gasteiger partial charge in [-0.3, -0.25) is 19.3 Å². The van der Waals surface area contributed by atoms with E-state index in [0.29, 0.717) is 11.3 Å². The van der Waals surface area contributed by atoms with Crippen molar-refractivity contribution in [2.45, 2.75) is 31.3 Å². The van der Waals surface area contributed by atoms with E-state index in [-0.39, 0.29) is 41.2 Å². The van der Waals surface area contributed by atoms with Gasteiger partial charge in [0.05, 0.1) is 18.4 Å². The van der Waals surface area contributed by atoms with Crippen molar-refractivity contribution >= 4 is 69.0 Å². The molecule has 2 aromatic rings. The van der Waals surface area contributed by atoms with Gasteiger partial charge in [-0.15, -0.1) is 23.1 Å². The van der Waals surface area contributed by atoms with Crippen LogP contribution in [0.4, 0.5) is 5.13 Å². The Labute approximate surface area is 222 Å². The number of methoxy groups -OCH3 is 1. The zero-order valence-electron chi connectivity index (χ0n) is 19.9. The minimum absolute atomic E-state index is 0.107. The second-order valence-corrected chi connectivity index (χ2v) is 10.9. The van der Waals surface area contributed by atoms with Crippen LogP contribution in [-0.2, 0) is 41.7 Å². The lowest BCUT2D eigenvalue weighted by atomic mass is 10.0. The van der Waals surface area contributed by atoms with Gasteiger partial charge >= 0.3 is 11.9 Å². The number of aliphatic carboxylic acids is 1. The Morgan fingerprint density at radius 2 is 2.11 bits per heavy atom. The van der Waals surface area contributed by atoms with Crippen molar-refractivity contribution in [2.24, 2.45) is 5.16 Å². The van der Waals surface area contributed by atoms with Crippen LogP contribution in [0.25, 0.3) is 0 Å². The van der Waals surface area contributed by atoms with Crippen molar-refractivity contribution in [3.63, 3.8) is 0 Å². The van der Waals surface area contributed by atoms with E-state index in [1.54, 1.807) is 5.51 Å². The molecule has 0 bridgehead atoms. The number of thiazole rings is 2. The number of fused-ring (bicyclic) bond motifs is 1. The maximum atomic E-state index is 13.0. The van der Waals surface area contributed by atoms with Crippen molar-refractivity contribution in [1.29, 1.82) is 0 Å². The number of hydrogen-bond donors (Lipinski definition) is 3. The molecule has 0 aliphatic carbocycles. The molecule has 2 amide bonds. The van der Waals surface area contributed by atoms with E-state index in [9.17, 15) is 24.3 Å². The summed E-state index contributed by atoms with van der Waals surface area (Å²) in [6, 6.07) is -0.950. The first-order chi connectivity index (χ1) is 17.7. The van der Waals surface area contributed by atoms with E-state index >= 15 is 0 Å². The molecule has 0 radical (unpaired) electrons. The van der Waals surface area contributed by atoms with Crippen LogP contribution in [0.3, 0.4) is 0 Å². The lowest BCUT2D eigenvalue weighted by molar-refractivity contribution is -0.690. The molecule has 4 N–H and O–H groups in total. The monoisotopic (exact) mass is 567 g/mol. The third kappa shape index (κ3) is 5.17. The molecule has 4 heterocycles. The molecule has 196 valence electrons. The molecule has 4 rings (SSSR count). The summed E-state index contributed by atoms with van der Waals surface area (Å²) in [6.07, 6.45) is 0.121. The number of carbonyl (C=O) groups is 4. The summed E-state index contributed by atoms with van der Waals surface area (Å²) in [4.78, 5) is 60.6. The van der Waals surface area contributed by atoms with Gasteiger partial charge in [0.25, 0.3) is 11.8 Å². The standard InChI is InChI=1S/C21H22N6O7S3/c1-9-12(4-13(28)33-2)37-8-26(9)5-10-6-35-19-15(18(30)27(19)16(10)20(31)32)24-17(29)14(25-34-3)11-7-36-21(22)23-11/h7-8,15,19H,4-6H2,1-3H3,(H3-,22,23,24,29,31,32)/p+1/b25-14-/t15-,19-/m1/s1. The van der Waals surface area contributed by atoms with Gasteiger partial charge in [0.2, 0.25) is 5.51 Å². The number of rotatable bonds is 9. The molecule has 13 nitrogen and oxygen atoms in total. The van der Waals surface area contributed by atoms with Crippen molar-refractivity contribution in [1.82, 2.24) is 15.2 Å². The quantitative estimate of drug-likeness (QED) is 0.122. The zero-order valence-corrected chi connectivity index (χ0v) is 22.4. The van der Waals surface area contributed by atoms with Crippen LogP contribution in [0.5, 0.6) is 0 Å². The van der Waals surface area contributed by atoms with Crippen LogP contribution in [-0.4, -0.2) is 75.8 Å². The Morgan fingerprint density at radius 1 is 1.35 bits per heavy atom. The maximum Gasteiger partial charge on any atom is 0.352 e. The summed E-state index contributed by atoms with van der Waals surface area (Å²) < 4.78 is 6.57. The predicted molar refractivity (Wildman–Crippen MR) is 135 cm³/mol. The van der Waals surface area contributed by atoms with Gasteiger partial charge < -0.3 is 25.7 Å². The molecule has 0 saturated carbocycles. The highest BCUT2D eigenvalue weighted by molar-refractivity contribution is 8.00. The van der Waals surface area contributed by atoms with E-state index in [4.69, 9.17) is 15.3 Å². The van der Waals surface area contributed by atoms with Crippen LogP contribution >= 0.6 is 34.4 Å². The second-order valence-electron chi connectivity index (χ2n) is 7.92. The highest BCUT2D eigenvalue weighted by atomic mass is 32.2. The number of nitrogens with zero attached hydrogens (tertiary/aromatic N) is 4. The lowest BCUT2D eigenvalue weighted by Crippen LogP contribution is -2.71. The van der Waals surface area contributed by atoms with Crippen molar-refractivity contribution in [2.75, 3.05) is 25.7 Å². The molecule has 2 aliphatic rings. The molecular formula is C21H23N6O7S3+. The average molecular weight is 568 g/mol. The number of hydrogen-bond acceptors (Lipinski definition) is 12. The Morgan fingerprint density at radius 3 is 2.73 bits per heavy atom. The number of oxime groups is 1. The minimum atomic E-state index is -1.23. The number of thioether (sulfide) groups is 1. The molecule has 0 aromatic carbocycles. The van der Waals surface area contributed by atoms with Crippen LogP contribution in [0.1, 0.15) is 16.3 Å². The molecule has 2 aliphatic heterocycles. The molecule has 1 saturated heterocycles. The normalized spacial score (nSPS) is 19.3. The number of ether oxygens (including phenoxy) is 1. The number of nitrogens with one attached hydrogen (secondary N) is 1. The van der Waals surface area contributed by atoms with E-state index in [1.807, 2.05) is 11.5 Å². The predicted octanol–water partition coefficient (Wildman–Crippen LogP) is -0.112. The highest BCUT2D eigenvalue weighted by Crippen LogP contribution is 2.40. The Kier molecular flexibility index (Phi) is 7.79. The highest BCUT2D eigenvalue weighted by Gasteiger charge is 2.55. The fourth-order valence-electron chi connectivity index (χ4n) is 3.89. The number of nitrogen functional groups attached to an aromatic ring is 1. The van der Waals surface area contributed by atoms with Gasteiger partial charge in [-0.05, 0) is 0 Å². The summed E-state index contributed by atoms with van der Waals surface area (Å²) in [5.41, 5.74) is 8.75. The average Bonchev–Trinajstić information content (AvgIpc) is 3.45. The number of esters is 1. The van der Waals surface area contributed by atoms with Gasteiger partial charge in [0.1, 0.15) is 29.9 Å². The molecule has 16 heteroatoms. The second kappa shape index (κ2) is 10.9. The Bertz CT molecular complexity index is 1330. The van der Waals surface area contributed by atoms with Crippen LogP contribution in [0.2, 0.25) is 0 Å². The third-order valence-corrected chi connectivity index (χ3v) is 8.85. The SMILES string of the molecule is CO/N=C(\C(=O)N[C@@H]1C(=O)N2C(C(=O)O)=C(C[n+]3csc(CC(=O)OC)c3C)CS[C@H]12)c1csc(N)n1. The number of carboxylic acid groups (broad SMARTS) is 1. The molecule has 0 unspecified atom stereocenters. The summed E-state index contributed by atoms with van der Waals surface area (Å²) in [6.45, 7) is 2.07. The van der Waals surface area contributed by atoms with Gasteiger partial charge in [-0.2, -0.15) is 4.57 Å². The summed E-state index contributed by atoms with van der Waals surface area (Å²) in [5.74, 6) is -2.51. The number of carboxylic acids is 1.